The summed E-state index contributed by atoms with van der Waals surface area (Å²) in [6.45, 7) is 4.34. The molecule has 0 N–H and O–H groups in total. The fourth-order valence-electron chi connectivity index (χ4n) is 8.73. The molecule has 56 heavy (non-hydrogen) atoms. The number of nitrogens with zero attached hydrogens (tertiary/aromatic N) is 2. The van der Waals surface area contributed by atoms with Gasteiger partial charge in [-0.15, -0.1) is 0 Å². The zero-order chi connectivity index (χ0) is 37.6. The third-order valence-corrected chi connectivity index (χ3v) is 11.1. The Kier molecular flexibility index (Phi) is 8.30. The maximum Gasteiger partial charge on any atom is 0.0618 e. The van der Waals surface area contributed by atoms with Crippen molar-refractivity contribution in [3.05, 3.63) is 217 Å². The second-order valence-corrected chi connectivity index (χ2v) is 14.6. The summed E-state index contributed by atoms with van der Waals surface area (Å²) in [5.41, 5.74) is 11.8. The Bertz CT molecular complexity index is 2730. The monoisotopic (exact) mass is 716 g/mol. The van der Waals surface area contributed by atoms with E-state index in [1.807, 2.05) is 0 Å². The van der Waals surface area contributed by atoms with Gasteiger partial charge in [-0.25, -0.2) is 0 Å². The van der Waals surface area contributed by atoms with Crippen LogP contribution in [0.3, 0.4) is 0 Å². The molecule has 0 atom stereocenters. The van der Waals surface area contributed by atoms with Crippen LogP contribution in [0.15, 0.2) is 206 Å². The summed E-state index contributed by atoms with van der Waals surface area (Å²) in [6, 6.07) is 75.3. The molecular weight excluding hydrogens is 677 g/mol. The van der Waals surface area contributed by atoms with Crippen LogP contribution < -0.4 is 9.80 Å². The second-order valence-electron chi connectivity index (χ2n) is 14.6. The number of para-hydroxylation sites is 2. The number of hydrogen-bond donors (Lipinski definition) is 0. The van der Waals surface area contributed by atoms with Crippen molar-refractivity contribution in [2.24, 2.45) is 0 Å². The number of hydrogen-bond acceptors (Lipinski definition) is 2. The average molecular weight is 717 g/mol. The molecule has 10 aromatic rings. The van der Waals surface area contributed by atoms with Crippen molar-refractivity contribution < 1.29 is 0 Å². The molecule has 2 nitrogen and oxygen atoms in total. The fourth-order valence-corrected chi connectivity index (χ4v) is 8.73. The standard InChI is InChI=1S/C54H40N2/c1-37-19-17-25-41(35-37)55(39-21-5-3-6-22-39)53-47-31-13-9-27-43(47)51(44-28-10-14-32-48(44)53)52-45-29-11-15-33-49(45)54(50-34-16-12-30-46(50)52)56(40-23-7-4-8-24-40)42-26-18-20-38(2)36-42/h3-36H,1-2H3. The van der Waals surface area contributed by atoms with E-state index < -0.39 is 0 Å². The Morgan fingerprint density at radius 3 is 0.821 bits per heavy atom. The van der Waals surface area contributed by atoms with Gasteiger partial charge in [0, 0.05) is 44.3 Å². The van der Waals surface area contributed by atoms with E-state index in [-0.39, 0.29) is 0 Å². The molecule has 0 unspecified atom stereocenters. The van der Waals surface area contributed by atoms with E-state index in [1.54, 1.807) is 0 Å². The topological polar surface area (TPSA) is 6.48 Å². The van der Waals surface area contributed by atoms with E-state index in [4.69, 9.17) is 0 Å². The highest BCUT2D eigenvalue weighted by Crippen LogP contribution is 2.53. The molecule has 0 aliphatic carbocycles. The summed E-state index contributed by atoms with van der Waals surface area (Å²) in [4.78, 5) is 4.89. The summed E-state index contributed by atoms with van der Waals surface area (Å²) in [5, 5.41) is 9.69. The van der Waals surface area contributed by atoms with Gasteiger partial charge in [0.2, 0.25) is 0 Å². The van der Waals surface area contributed by atoms with E-state index >= 15 is 0 Å². The van der Waals surface area contributed by atoms with Gasteiger partial charge in [-0.05, 0) is 106 Å². The molecule has 0 saturated heterocycles. The Labute approximate surface area is 328 Å². The number of fused-ring (bicyclic) bond motifs is 4. The number of aryl methyl sites for hydroxylation is 2. The molecule has 2 heteroatoms. The molecule has 266 valence electrons. The summed E-state index contributed by atoms with van der Waals surface area (Å²) >= 11 is 0. The van der Waals surface area contributed by atoms with Gasteiger partial charge in [0.25, 0.3) is 0 Å². The SMILES string of the molecule is Cc1cccc(N(c2ccccc2)c2c3ccccc3c(-c3c4ccccc4c(N(c4ccccc4)c4cccc(C)c4)c4ccccc34)c3ccccc23)c1. The minimum atomic E-state index is 1.12. The highest BCUT2D eigenvalue weighted by molar-refractivity contribution is 6.30. The van der Waals surface area contributed by atoms with Crippen molar-refractivity contribution in [2.45, 2.75) is 13.8 Å². The van der Waals surface area contributed by atoms with E-state index in [2.05, 4.69) is 230 Å². The normalized spacial score (nSPS) is 11.4. The molecule has 0 radical (unpaired) electrons. The molecule has 0 heterocycles. The van der Waals surface area contributed by atoms with Crippen LogP contribution in [0, 0.1) is 13.8 Å². The van der Waals surface area contributed by atoms with E-state index in [0.29, 0.717) is 0 Å². The first-order chi connectivity index (χ1) is 27.7. The quantitative estimate of drug-likeness (QED) is 0.152. The lowest BCUT2D eigenvalue weighted by molar-refractivity contribution is 1.29. The lowest BCUT2D eigenvalue weighted by atomic mass is 9.84. The lowest BCUT2D eigenvalue weighted by Gasteiger charge is -2.31. The summed E-state index contributed by atoms with van der Waals surface area (Å²) < 4.78 is 0. The second kappa shape index (κ2) is 13.9. The average Bonchev–Trinajstić information content (AvgIpc) is 3.25. The summed E-state index contributed by atoms with van der Waals surface area (Å²) in [7, 11) is 0. The Morgan fingerprint density at radius 1 is 0.250 bits per heavy atom. The summed E-state index contributed by atoms with van der Waals surface area (Å²) in [5.74, 6) is 0. The third-order valence-electron chi connectivity index (χ3n) is 11.1. The van der Waals surface area contributed by atoms with Crippen LogP contribution in [0.25, 0.3) is 54.2 Å². The van der Waals surface area contributed by atoms with Crippen LogP contribution >= 0.6 is 0 Å². The molecule has 0 aromatic heterocycles. The zero-order valence-corrected chi connectivity index (χ0v) is 31.5. The minimum absolute atomic E-state index is 1.12. The number of benzene rings is 10. The lowest BCUT2D eigenvalue weighted by Crippen LogP contribution is -2.12. The van der Waals surface area contributed by atoms with Crippen molar-refractivity contribution in [2.75, 3.05) is 9.80 Å². The number of anilines is 6. The summed E-state index contributed by atoms with van der Waals surface area (Å²) in [6.07, 6.45) is 0. The molecule has 0 aliphatic heterocycles. The third kappa shape index (κ3) is 5.58. The first-order valence-corrected chi connectivity index (χ1v) is 19.4. The molecule has 10 rings (SSSR count). The van der Waals surface area contributed by atoms with Crippen molar-refractivity contribution in [3.8, 4) is 11.1 Å². The molecule has 10 aromatic carbocycles. The highest BCUT2D eigenvalue weighted by atomic mass is 15.2. The van der Waals surface area contributed by atoms with Crippen LogP contribution in [0.1, 0.15) is 11.1 Å². The van der Waals surface area contributed by atoms with Gasteiger partial charge in [0.05, 0.1) is 11.4 Å². The Morgan fingerprint density at radius 2 is 0.518 bits per heavy atom. The molecular formula is C54H40N2. The fraction of sp³-hybridized carbons (Fsp3) is 0.0370. The van der Waals surface area contributed by atoms with Crippen LogP contribution in [-0.2, 0) is 0 Å². The first kappa shape index (κ1) is 33.4. The smallest absolute Gasteiger partial charge is 0.0618 e. The molecule has 0 bridgehead atoms. The van der Waals surface area contributed by atoms with Gasteiger partial charge in [-0.1, -0.05) is 158 Å². The van der Waals surface area contributed by atoms with Gasteiger partial charge in [0.1, 0.15) is 0 Å². The van der Waals surface area contributed by atoms with Crippen LogP contribution in [0.2, 0.25) is 0 Å². The van der Waals surface area contributed by atoms with Crippen molar-refractivity contribution in [3.63, 3.8) is 0 Å². The largest absolute Gasteiger partial charge is 0.309 e. The van der Waals surface area contributed by atoms with E-state index in [9.17, 15) is 0 Å². The molecule has 0 spiro atoms. The highest BCUT2D eigenvalue weighted by Gasteiger charge is 2.26. The van der Waals surface area contributed by atoms with Gasteiger partial charge in [-0.3, -0.25) is 0 Å². The van der Waals surface area contributed by atoms with Crippen LogP contribution in [-0.4, -0.2) is 0 Å². The van der Waals surface area contributed by atoms with Gasteiger partial charge < -0.3 is 9.80 Å². The maximum atomic E-state index is 2.44. The predicted molar refractivity (Wildman–Crippen MR) is 241 cm³/mol. The molecule has 0 fully saturated rings. The Hall–Kier alpha value is -7.16. The zero-order valence-electron chi connectivity index (χ0n) is 31.5. The van der Waals surface area contributed by atoms with Gasteiger partial charge in [-0.2, -0.15) is 0 Å². The minimum Gasteiger partial charge on any atom is -0.309 e. The maximum absolute atomic E-state index is 2.44. The van der Waals surface area contributed by atoms with E-state index in [1.165, 1.54) is 76.7 Å². The molecule has 0 aliphatic rings. The van der Waals surface area contributed by atoms with Crippen LogP contribution in [0.4, 0.5) is 34.1 Å². The molecule has 0 amide bonds. The van der Waals surface area contributed by atoms with Crippen molar-refractivity contribution in [1.29, 1.82) is 0 Å². The van der Waals surface area contributed by atoms with Gasteiger partial charge >= 0.3 is 0 Å². The molecule has 0 saturated carbocycles. The van der Waals surface area contributed by atoms with E-state index in [0.717, 1.165) is 22.7 Å². The van der Waals surface area contributed by atoms with Gasteiger partial charge in [0.15, 0.2) is 0 Å². The Balaban J connectivity index is 1.35. The van der Waals surface area contributed by atoms with Crippen molar-refractivity contribution in [1.82, 2.24) is 0 Å². The number of rotatable bonds is 7. The first-order valence-electron chi connectivity index (χ1n) is 19.4. The van der Waals surface area contributed by atoms with Crippen molar-refractivity contribution >= 4 is 77.2 Å². The van der Waals surface area contributed by atoms with Crippen LogP contribution in [0.5, 0.6) is 0 Å². The predicted octanol–water partition coefficient (Wildman–Crippen LogP) is 15.5.